The molecule has 18 heavy (non-hydrogen) atoms. The Hall–Kier alpha value is -1.60. The lowest BCUT2D eigenvalue weighted by Crippen LogP contribution is -2.29. The number of anilines is 1. The third-order valence-electron chi connectivity index (χ3n) is 2.83. The number of hydrogen-bond donors (Lipinski definition) is 1. The minimum absolute atomic E-state index is 0.0849. The zero-order valence-corrected chi connectivity index (χ0v) is 11.0. The van der Waals surface area contributed by atoms with Crippen LogP contribution < -0.4 is 5.32 Å². The van der Waals surface area contributed by atoms with Gasteiger partial charge in [-0.05, 0) is 37.7 Å². The van der Waals surface area contributed by atoms with Gasteiger partial charge in [-0.1, -0.05) is 13.8 Å². The van der Waals surface area contributed by atoms with Crippen molar-refractivity contribution in [1.82, 2.24) is 4.90 Å². The SMILES string of the molecule is CCCN(CC)CCNc1ccc(C#N)c(F)c1. The van der Waals surface area contributed by atoms with Crippen LogP contribution in [0.3, 0.4) is 0 Å². The summed E-state index contributed by atoms with van der Waals surface area (Å²) in [4.78, 5) is 2.34. The fourth-order valence-corrected chi connectivity index (χ4v) is 1.82. The average molecular weight is 249 g/mol. The second-order valence-electron chi connectivity index (χ2n) is 4.17. The van der Waals surface area contributed by atoms with E-state index in [9.17, 15) is 4.39 Å². The van der Waals surface area contributed by atoms with Gasteiger partial charge in [0.1, 0.15) is 11.9 Å². The van der Waals surface area contributed by atoms with E-state index in [2.05, 4.69) is 24.1 Å². The molecule has 0 unspecified atom stereocenters. The van der Waals surface area contributed by atoms with Crippen molar-refractivity contribution in [2.24, 2.45) is 0 Å². The van der Waals surface area contributed by atoms with E-state index in [0.717, 1.165) is 38.3 Å². The molecule has 1 aromatic carbocycles. The maximum Gasteiger partial charge on any atom is 0.143 e. The van der Waals surface area contributed by atoms with Crippen LogP contribution >= 0.6 is 0 Å². The summed E-state index contributed by atoms with van der Waals surface area (Å²) in [6.45, 7) is 8.12. The summed E-state index contributed by atoms with van der Waals surface area (Å²) in [5, 5.41) is 11.8. The molecule has 0 atom stereocenters. The van der Waals surface area contributed by atoms with E-state index in [4.69, 9.17) is 5.26 Å². The summed E-state index contributed by atoms with van der Waals surface area (Å²) in [5.74, 6) is -0.469. The highest BCUT2D eigenvalue weighted by Gasteiger charge is 2.03. The molecule has 0 heterocycles. The Labute approximate surface area is 108 Å². The average Bonchev–Trinajstić information content (AvgIpc) is 2.38. The van der Waals surface area contributed by atoms with Crippen molar-refractivity contribution in [3.8, 4) is 6.07 Å². The predicted molar refractivity (Wildman–Crippen MR) is 72.0 cm³/mol. The third-order valence-corrected chi connectivity index (χ3v) is 2.83. The summed E-state index contributed by atoms with van der Waals surface area (Å²) < 4.78 is 13.4. The zero-order chi connectivity index (χ0) is 13.4. The number of rotatable bonds is 7. The first-order valence-electron chi connectivity index (χ1n) is 6.37. The van der Waals surface area contributed by atoms with Gasteiger partial charge in [0.05, 0.1) is 5.56 Å². The topological polar surface area (TPSA) is 39.1 Å². The lowest BCUT2D eigenvalue weighted by Gasteiger charge is -2.19. The molecule has 0 bridgehead atoms. The van der Waals surface area contributed by atoms with Crippen LogP contribution in [0.25, 0.3) is 0 Å². The van der Waals surface area contributed by atoms with Gasteiger partial charge in [0.15, 0.2) is 0 Å². The number of nitrogens with zero attached hydrogens (tertiary/aromatic N) is 2. The van der Waals surface area contributed by atoms with Gasteiger partial charge in [0.2, 0.25) is 0 Å². The van der Waals surface area contributed by atoms with Gasteiger partial charge in [-0.15, -0.1) is 0 Å². The monoisotopic (exact) mass is 249 g/mol. The lowest BCUT2D eigenvalue weighted by molar-refractivity contribution is 0.300. The Balaban J connectivity index is 2.44. The smallest absolute Gasteiger partial charge is 0.143 e. The first-order chi connectivity index (χ1) is 8.71. The Bertz CT molecular complexity index is 412. The van der Waals surface area contributed by atoms with Crippen molar-refractivity contribution in [3.05, 3.63) is 29.6 Å². The molecule has 1 aromatic rings. The van der Waals surface area contributed by atoms with Gasteiger partial charge in [0, 0.05) is 18.8 Å². The molecule has 3 nitrogen and oxygen atoms in total. The molecule has 0 aromatic heterocycles. The van der Waals surface area contributed by atoms with E-state index in [1.165, 1.54) is 12.1 Å². The predicted octanol–water partition coefficient (Wildman–Crippen LogP) is 2.84. The maximum atomic E-state index is 13.4. The number of likely N-dealkylation sites (N-methyl/N-ethyl adjacent to an activating group) is 1. The Morgan fingerprint density at radius 3 is 2.67 bits per heavy atom. The van der Waals surface area contributed by atoms with Crippen molar-refractivity contribution >= 4 is 5.69 Å². The zero-order valence-electron chi connectivity index (χ0n) is 11.0. The number of benzene rings is 1. The third kappa shape index (κ3) is 4.34. The lowest BCUT2D eigenvalue weighted by atomic mass is 10.2. The van der Waals surface area contributed by atoms with Gasteiger partial charge in [-0.25, -0.2) is 4.39 Å². The second-order valence-corrected chi connectivity index (χ2v) is 4.17. The van der Waals surface area contributed by atoms with Gasteiger partial charge in [0.25, 0.3) is 0 Å². The van der Waals surface area contributed by atoms with Crippen LogP contribution in [0.4, 0.5) is 10.1 Å². The Morgan fingerprint density at radius 2 is 2.11 bits per heavy atom. The number of nitriles is 1. The molecule has 0 fully saturated rings. The van der Waals surface area contributed by atoms with Crippen LogP contribution in [-0.4, -0.2) is 31.1 Å². The summed E-state index contributed by atoms with van der Waals surface area (Å²) in [6, 6.07) is 6.42. The Kier molecular flexibility index (Phi) is 6.16. The molecule has 0 amide bonds. The number of halogens is 1. The molecular formula is C14H20FN3. The van der Waals surface area contributed by atoms with E-state index in [1.807, 2.05) is 6.07 Å². The highest BCUT2D eigenvalue weighted by atomic mass is 19.1. The molecule has 98 valence electrons. The Morgan fingerprint density at radius 1 is 1.33 bits per heavy atom. The molecule has 0 aliphatic heterocycles. The van der Waals surface area contributed by atoms with Crippen molar-refractivity contribution in [1.29, 1.82) is 5.26 Å². The maximum absolute atomic E-state index is 13.4. The van der Waals surface area contributed by atoms with E-state index < -0.39 is 5.82 Å². The summed E-state index contributed by atoms with van der Waals surface area (Å²) in [7, 11) is 0. The van der Waals surface area contributed by atoms with Gasteiger partial charge < -0.3 is 10.2 Å². The standard InChI is InChI=1S/C14H20FN3/c1-3-8-18(4-2)9-7-17-13-6-5-12(11-16)14(15)10-13/h5-6,10,17H,3-4,7-9H2,1-2H3. The molecule has 0 saturated heterocycles. The van der Waals surface area contributed by atoms with E-state index in [-0.39, 0.29) is 5.56 Å². The second kappa shape index (κ2) is 7.67. The normalized spacial score (nSPS) is 10.4. The molecule has 0 aliphatic rings. The van der Waals surface area contributed by atoms with Crippen molar-refractivity contribution in [2.45, 2.75) is 20.3 Å². The highest BCUT2D eigenvalue weighted by molar-refractivity contribution is 5.48. The molecule has 1 rings (SSSR count). The van der Waals surface area contributed by atoms with Crippen LogP contribution in [0.15, 0.2) is 18.2 Å². The first kappa shape index (κ1) is 14.5. The molecular weight excluding hydrogens is 229 g/mol. The first-order valence-corrected chi connectivity index (χ1v) is 6.37. The fourth-order valence-electron chi connectivity index (χ4n) is 1.82. The van der Waals surface area contributed by atoms with Gasteiger partial charge in [-0.3, -0.25) is 0 Å². The van der Waals surface area contributed by atoms with E-state index in [1.54, 1.807) is 6.07 Å². The molecule has 0 saturated carbocycles. The van der Waals surface area contributed by atoms with Crippen LogP contribution in [0.2, 0.25) is 0 Å². The van der Waals surface area contributed by atoms with Crippen molar-refractivity contribution in [2.75, 3.05) is 31.5 Å². The summed E-state index contributed by atoms with van der Waals surface area (Å²) >= 11 is 0. The number of nitrogens with one attached hydrogen (secondary N) is 1. The van der Waals surface area contributed by atoms with Crippen LogP contribution in [-0.2, 0) is 0 Å². The van der Waals surface area contributed by atoms with Crippen LogP contribution in [0.1, 0.15) is 25.8 Å². The number of hydrogen-bond acceptors (Lipinski definition) is 3. The van der Waals surface area contributed by atoms with Crippen molar-refractivity contribution < 1.29 is 4.39 Å². The van der Waals surface area contributed by atoms with Crippen LogP contribution in [0.5, 0.6) is 0 Å². The summed E-state index contributed by atoms with van der Waals surface area (Å²) in [5.41, 5.74) is 0.806. The molecule has 0 spiro atoms. The molecule has 0 aliphatic carbocycles. The largest absolute Gasteiger partial charge is 0.384 e. The van der Waals surface area contributed by atoms with Crippen LogP contribution in [0, 0.1) is 17.1 Å². The minimum atomic E-state index is -0.469. The molecule has 4 heteroatoms. The van der Waals surface area contributed by atoms with Gasteiger partial charge in [-0.2, -0.15) is 5.26 Å². The minimum Gasteiger partial charge on any atom is -0.384 e. The fraction of sp³-hybridized carbons (Fsp3) is 0.500. The summed E-state index contributed by atoms with van der Waals surface area (Å²) in [6.07, 6.45) is 1.14. The molecule has 0 radical (unpaired) electrons. The van der Waals surface area contributed by atoms with E-state index >= 15 is 0 Å². The van der Waals surface area contributed by atoms with Crippen molar-refractivity contribution in [3.63, 3.8) is 0 Å². The highest BCUT2D eigenvalue weighted by Crippen LogP contribution is 2.13. The molecule has 1 N–H and O–H groups in total. The quantitative estimate of drug-likeness (QED) is 0.807. The van der Waals surface area contributed by atoms with Gasteiger partial charge >= 0.3 is 0 Å². The van der Waals surface area contributed by atoms with E-state index in [0.29, 0.717) is 0 Å².